The van der Waals surface area contributed by atoms with Gasteiger partial charge in [0, 0.05) is 13.2 Å². The average molecular weight is 337 g/mol. The third-order valence-electron chi connectivity index (χ3n) is 3.55. The lowest BCUT2D eigenvalue weighted by atomic mass is 9.97. The highest BCUT2D eigenvalue weighted by Gasteiger charge is 2.27. The topological polar surface area (TPSA) is 111 Å². The highest BCUT2D eigenvalue weighted by atomic mass is 32.2. The minimum atomic E-state index is -3.78. The maximum atomic E-state index is 12.4. The number of carbonyl (C=O) groups is 1. The van der Waals surface area contributed by atoms with Gasteiger partial charge in [-0.3, -0.25) is 14.2 Å². The maximum Gasteiger partial charge on any atom is 0.310 e. The molecule has 0 bridgehead atoms. The number of anilines is 1. The zero-order valence-electron chi connectivity index (χ0n) is 12.3. The van der Waals surface area contributed by atoms with Crippen LogP contribution in [0.15, 0.2) is 35.5 Å². The van der Waals surface area contributed by atoms with E-state index in [2.05, 4.69) is 9.82 Å². The van der Waals surface area contributed by atoms with Gasteiger partial charge in [-0.25, -0.2) is 8.42 Å². The van der Waals surface area contributed by atoms with Gasteiger partial charge in [-0.15, -0.1) is 0 Å². The fourth-order valence-electron chi connectivity index (χ4n) is 2.38. The zero-order valence-corrected chi connectivity index (χ0v) is 13.1. The second-order valence-electron chi connectivity index (χ2n) is 5.33. The monoisotopic (exact) mass is 337 g/mol. The molecule has 3 rings (SSSR count). The quantitative estimate of drug-likeness (QED) is 0.856. The summed E-state index contributed by atoms with van der Waals surface area (Å²) in [6.45, 7) is 0.0857. The molecule has 122 valence electrons. The Balaban J connectivity index is 1.88. The lowest BCUT2D eigenvalue weighted by Crippen LogP contribution is -2.28. The van der Waals surface area contributed by atoms with Crippen molar-refractivity contribution in [2.45, 2.75) is 11.3 Å². The Bertz CT molecular complexity index is 859. The molecule has 9 heteroatoms. The Labute approximate surface area is 132 Å². The molecule has 0 saturated heterocycles. The number of hydrogen-bond donors (Lipinski definition) is 2. The first kappa shape index (κ1) is 15.3. The van der Waals surface area contributed by atoms with Crippen molar-refractivity contribution < 1.29 is 23.1 Å². The Kier molecular flexibility index (Phi) is 3.72. The summed E-state index contributed by atoms with van der Waals surface area (Å²) in [6, 6.07) is 4.42. The van der Waals surface area contributed by atoms with Crippen LogP contribution in [0.5, 0.6) is 5.75 Å². The molecule has 1 atom stereocenters. The van der Waals surface area contributed by atoms with Gasteiger partial charge in [0.15, 0.2) is 0 Å². The first-order valence-electron chi connectivity index (χ1n) is 6.85. The van der Waals surface area contributed by atoms with Gasteiger partial charge in [0.1, 0.15) is 12.4 Å². The van der Waals surface area contributed by atoms with Gasteiger partial charge < -0.3 is 9.84 Å². The van der Waals surface area contributed by atoms with E-state index in [4.69, 9.17) is 9.84 Å². The number of benzene rings is 1. The van der Waals surface area contributed by atoms with E-state index >= 15 is 0 Å². The Morgan fingerprint density at radius 2 is 2.26 bits per heavy atom. The molecule has 1 unspecified atom stereocenters. The van der Waals surface area contributed by atoms with Crippen molar-refractivity contribution in [2.24, 2.45) is 13.0 Å². The van der Waals surface area contributed by atoms with Gasteiger partial charge in [0.25, 0.3) is 10.0 Å². The highest BCUT2D eigenvalue weighted by Crippen LogP contribution is 2.30. The van der Waals surface area contributed by atoms with E-state index in [1.807, 2.05) is 0 Å². The molecule has 1 aromatic carbocycles. The predicted octanol–water partition coefficient (Wildman–Crippen LogP) is 0.857. The number of aryl methyl sites for hydroxylation is 1. The number of nitrogens with zero attached hydrogens (tertiary/aromatic N) is 2. The van der Waals surface area contributed by atoms with Crippen molar-refractivity contribution in [3.8, 4) is 5.75 Å². The van der Waals surface area contributed by atoms with Crippen LogP contribution in [-0.2, 0) is 28.3 Å². The SMILES string of the molecule is Cn1cc(NS(=O)(=O)c2ccc3c(c2)CC(C(=O)O)CO3)cn1. The van der Waals surface area contributed by atoms with Crippen molar-refractivity contribution in [2.75, 3.05) is 11.3 Å². The van der Waals surface area contributed by atoms with E-state index in [9.17, 15) is 13.2 Å². The van der Waals surface area contributed by atoms with Crippen molar-refractivity contribution >= 4 is 21.7 Å². The Hall–Kier alpha value is -2.55. The summed E-state index contributed by atoms with van der Waals surface area (Å²) in [5.41, 5.74) is 0.919. The fraction of sp³-hybridized carbons (Fsp3) is 0.286. The standard InChI is InChI=1S/C14H15N3O5S/c1-17-7-11(6-15-17)16-23(20,21)12-2-3-13-9(5-12)4-10(8-22-13)14(18)19/h2-3,5-7,10,16H,4,8H2,1H3,(H,18,19). The molecule has 0 spiro atoms. The minimum absolute atomic E-state index is 0.0507. The molecule has 0 amide bonds. The van der Waals surface area contributed by atoms with Crippen LogP contribution in [0, 0.1) is 5.92 Å². The second kappa shape index (κ2) is 5.58. The summed E-state index contributed by atoms with van der Waals surface area (Å²) >= 11 is 0. The number of nitrogens with one attached hydrogen (secondary N) is 1. The molecular weight excluding hydrogens is 322 g/mol. The number of carboxylic acid groups (broad SMARTS) is 1. The molecule has 0 aliphatic carbocycles. The first-order valence-corrected chi connectivity index (χ1v) is 8.33. The Morgan fingerprint density at radius 1 is 1.48 bits per heavy atom. The van der Waals surface area contributed by atoms with E-state index < -0.39 is 21.9 Å². The minimum Gasteiger partial charge on any atom is -0.492 e. The van der Waals surface area contributed by atoms with Crippen molar-refractivity contribution in [1.82, 2.24) is 9.78 Å². The third-order valence-corrected chi connectivity index (χ3v) is 4.93. The van der Waals surface area contributed by atoms with Crippen LogP contribution in [0.25, 0.3) is 0 Å². The van der Waals surface area contributed by atoms with E-state index in [1.165, 1.54) is 23.0 Å². The molecule has 8 nitrogen and oxygen atoms in total. The van der Waals surface area contributed by atoms with Crippen molar-refractivity contribution in [1.29, 1.82) is 0 Å². The number of rotatable bonds is 4. The maximum absolute atomic E-state index is 12.4. The molecule has 23 heavy (non-hydrogen) atoms. The molecule has 1 aliphatic rings. The number of aromatic nitrogens is 2. The number of fused-ring (bicyclic) bond motifs is 1. The van der Waals surface area contributed by atoms with Gasteiger partial charge in [0.05, 0.1) is 22.7 Å². The second-order valence-corrected chi connectivity index (χ2v) is 7.01. The number of ether oxygens (including phenoxy) is 1. The van der Waals surface area contributed by atoms with E-state index in [0.29, 0.717) is 17.0 Å². The average Bonchev–Trinajstić information content (AvgIpc) is 2.90. The summed E-state index contributed by atoms with van der Waals surface area (Å²) < 4.78 is 34.1. The van der Waals surface area contributed by atoms with Gasteiger partial charge >= 0.3 is 5.97 Å². The van der Waals surface area contributed by atoms with Gasteiger partial charge in [-0.05, 0) is 30.2 Å². The number of sulfonamides is 1. The van der Waals surface area contributed by atoms with Gasteiger partial charge in [0.2, 0.25) is 0 Å². The highest BCUT2D eigenvalue weighted by molar-refractivity contribution is 7.92. The summed E-state index contributed by atoms with van der Waals surface area (Å²) in [5.74, 6) is -1.12. The lowest BCUT2D eigenvalue weighted by molar-refractivity contribution is -0.143. The molecule has 2 heterocycles. The van der Waals surface area contributed by atoms with Crippen LogP contribution in [0.3, 0.4) is 0 Å². The number of hydrogen-bond acceptors (Lipinski definition) is 5. The number of aliphatic carboxylic acids is 1. The normalized spacial score (nSPS) is 17.2. The van der Waals surface area contributed by atoms with Crippen molar-refractivity contribution in [3.05, 3.63) is 36.2 Å². The summed E-state index contributed by atoms with van der Waals surface area (Å²) in [5, 5.41) is 13.0. The van der Waals surface area contributed by atoms with Crippen LogP contribution >= 0.6 is 0 Å². The van der Waals surface area contributed by atoms with Crippen molar-refractivity contribution in [3.63, 3.8) is 0 Å². The van der Waals surface area contributed by atoms with Crippen LogP contribution in [0.2, 0.25) is 0 Å². The van der Waals surface area contributed by atoms with Gasteiger partial charge in [-0.1, -0.05) is 0 Å². The smallest absolute Gasteiger partial charge is 0.310 e. The third kappa shape index (κ3) is 3.14. The van der Waals surface area contributed by atoms with E-state index in [-0.39, 0.29) is 17.9 Å². The lowest BCUT2D eigenvalue weighted by Gasteiger charge is -2.23. The van der Waals surface area contributed by atoms with Crippen LogP contribution < -0.4 is 9.46 Å². The van der Waals surface area contributed by atoms with E-state index in [0.717, 1.165) is 0 Å². The van der Waals surface area contributed by atoms with Crippen LogP contribution in [-0.4, -0.2) is 35.9 Å². The zero-order chi connectivity index (χ0) is 16.6. The summed E-state index contributed by atoms with van der Waals surface area (Å²) in [4.78, 5) is 11.1. The predicted molar refractivity (Wildman–Crippen MR) is 80.8 cm³/mol. The summed E-state index contributed by atoms with van der Waals surface area (Å²) in [7, 11) is -2.10. The molecule has 2 aromatic rings. The number of carboxylic acids is 1. The summed E-state index contributed by atoms with van der Waals surface area (Å²) in [6.07, 6.45) is 3.18. The largest absolute Gasteiger partial charge is 0.492 e. The van der Waals surface area contributed by atoms with Crippen LogP contribution in [0.1, 0.15) is 5.56 Å². The molecule has 0 radical (unpaired) electrons. The van der Waals surface area contributed by atoms with Crippen LogP contribution in [0.4, 0.5) is 5.69 Å². The first-order chi connectivity index (χ1) is 10.8. The molecule has 0 saturated carbocycles. The molecule has 1 aliphatic heterocycles. The van der Waals surface area contributed by atoms with E-state index in [1.54, 1.807) is 19.3 Å². The Morgan fingerprint density at radius 3 is 2.91 bits per heavy atom. The fourth-order valence-corrected chi connectivity index (χ4v) is 3.46. The molecular formula is C14H15N3O5S. The van der Waals surface area contributed by atoms with Gasteiger partial charge in [-0.2, -0.15) is 5.10 Å². The molecule has 1 aromatic heterocycles. The molecule has 0 fully saturated rings. The molecule has 2 N–H and O–H groups in total.